The lowest BCUT2D eigenvalue weighted by Crippen LogP contribution is -2.25. The summed E-state index contributed by atoms with van der Waals surface area (Å²) >= 11 is 1.81. The van der Waals surface area contributed by atoms with Crippen LogP contribution in [0.15, 0.2) is 11.4 Å². The standard InChI is InChI=1S/C16H24N2S/c1-16(2,3)14-6-8-18(10-14)11-15-9-13(12-19-15)5-4-7-17/h9,12,14H,6-8,10-11,17H2,1-3H3. The van der Waals surface area contributed by atoms with Crippen molar-refractivity contribution in [2.24, 2.45) is 17.1 Å². The van der Waals surface area contributed by atoms with Gasteiger partial charge in [-0.15, -0.1) is 11.3 Å². The molecule has 1 unspecified atom stereocenters. The Bertz CT molecular complexity index is 473. The van der Waals surface area contributed by atoms with Gasteiger partial charge in [0.1, 0.15) is 0 Å². The lowest BCUT2D eigenvalue weighted by Gasteiger charge is -2.27. The van der Waals surface area contributed by atoms with Gasteiger partial charge in [0.15, 0.2) is 0 Å². The number of nitrogens with two attached hydrogens (primary N) is 1. The first-order chi connectivity index (χ1) is 8.99. The summed E-state index contributed by atoms with van der Waals surface area (Å²) in [5.74, 6) is 6.83. The molecule has 19 heavy (non-hydrogen) atoms. The molecule has 0 saturated carbocycles. The molecule has 0 radical (unpaired) electrons. The molecule has 3 heteroatoms. The topological polar surface area (TPSA) is 29.3 Å². The lowest BCUT2D eigenvalue weighted by molar-refractivity contribution is 0.227. The Hall–Kier alpha value is -0.820. The second-order valence-corrected chi connectivity index (χ2v) is 7.39. The van der Waals surface area contributed by atoms with Crippen molar-refractivity contribution in [1.29, 1.82) is 0 Å². The van der Waals surface area contributed by atoms with Crippen LogP contribution in [0.2, 0.25) is 0 Å². The number of nitrogens with zero attached hydrogens (tertiary/aromatic N) is 1. The Kier molecular flexibility index (Phi) is 4.67. The first-order valence-corrected chi connectivity index (χ1v) is 7.85. The minimum atomic E-state index is 0.433. The Morgan fingerprint density at radius 3 is 2.89 bits per heavy atom. The smallest absolute Gasteiger partial charge is 0.0555 e. The molecule has 1 aliphatic heterocycles. The fourth-order valence-corrected chi connectivity index (χ4v) is 3.44. The molecule has 1 atom stereocenters. The molecule has 1 fully saturated rings. The van der Waals surface area contributed by atoms with E-state index >= 15 is 0 Å². The zero-order chi connectivity index (χ0) is 13.9. The van der Waals surface area contributed by atoms with Crippen molar-refractivity contribution in [2.75, 3.05) is 19.6 Å². The second-order valence-electron chi connectivity index (χ2n) is 6.39. The van der Waals surface area contributed by atoms with Crippen LogP contribution in [0.3, 0.4) is 0 Å². The Morgan fingerprint density at radius 1 is 1.47 bits per heavy atom. The van der Waals surface area contributed by atoms with Crippen molar-refractivity contribution < 1.29 is 0 Å². The van der Waals surface area contributed by atoms with E-state index in [1.54, 1.807) is 0 Å². The van der Waals surface area contributed by atoms with Gasteiger partial charge in [-0.05, 0) is 30.4 Å². The molecular formula is C16H24N2S. The molecule has 2 N–H and O–H groups in total. The second kappa shape index (κ2) is 6.09. The number of hydrogen-bond donors (Lipinski definition) is 1. The van der Waals surface area contributed by atoms with Gasteiger partial charge in [-0.25, -0.2) is 0 Å². The van der Waals surface area contributed by atoms with Gasteiger partial charge in [0, 0.05) is 28.9 Å². The van der Waals surface area contributed by atoms with Crippen LogP contribution in [0.25, 0.3) is 0 Å². The highest BCUT2D eigenvalue weighted by Crippen LogP contribution is 2.34. The molecule has 0 aromatic carbocycles. The Morgan fingerprint density at radius 2 is 2.26 bits per heavy atom. The molecule has 0 spiro atoms. The normalized spacial score (nSPS) is 20.3. The summed E-state index contributed by atoms with van der Waals surface area (Å²) in [6, 6.07) is 2.21. The minimum Gasteiger partial charge on any atom is -0.320 e. The lowest BCUT2D eigenvalue weighted by atomic mass is 9.80. The molecule has 0 aliphatic carbocycles. The van der Waals surface area contributed by atoms with Crippen molar-refractivity contribution >= 4 is 11.3 Å². The van der Waals surface area contributed by atoms with Crippen molar-refractivity contribution in [2.45, 2.75) is 33.7 Å². The number of likely N-dealkylation sites (tertiary alicyclic amines) is 1. The van der Waals surface area contributed by atoms with E-state index in [9.17, 15) is 0 Å². The zero-order valence-electron chi connectivity index (χ0n) is 12.2. The third-order valence-electron chi connectivity index (χ3n) is 3.87. The highest BCUT2D eigenvalue weighted by molar-refractivity contribution is 7.10. The molecule has 1 aromatic rings. The molecule has 1 aromatic heterocycles. The van der Waals surface area contributed by atoms with Crippen LogP contribution in [-0.4, -0.2) is 24.5 Å². The largest absolute Gasteiger partial charge is 0.320 e. The summed E-state index contributed by atoms with van der Waals surface area (Å²) < 4.78 is 0. The van der Waals surface area contributed by atoms with E-state index in [0.717, 1.165) is 18.0 Å². The van der Waals surface area contributed by atoms with Crippen LogP contribution < -0.4 is 5.73 Å². The molecular weight excluding hydrogens is 252 g/mol. The van der Waals surface area contributed by atoms with Gasteiger partial charge >= 0.3 is 0 Å². The van der Waals surface area contributed by atoms with Gasteiger partial charge < -0.3 is 5.73 Å². The molecule has 0 amide bonds. The third kappa shape index (κ3) is 4.07. The van der Waals surface area contributed by atoms with E-state index in [-0.39, 0.29) is 0 Å². The van der Waals surface area contributed by atoms with E-state index in [1.165, 1.54) is 24.4 Å². The maximum Gasteiger partial charge on any atom is 0.0555 e. The Labute approximate surface area is 121 Å². The Balaban J connectivity index is 1.91. The van der Waals surface area contributed by atoms with Crippen molar-refractivity contribution in [3.8, 4) is 11.8 Å². The molecule has 2 rings (SSSR count). The van der Waals surface area contributed by atoms with Crippen molar-refractivity contribution in [1.82, 2.24) is 4.90 Å². The minimum absolute atomic E-state index is 0.433. The summed E-state index contributed by atoms with van der Waals surface area (Å²) in [6.07, 6.45) is 1.33. The van der Waals surface area contributed by atoms with E-state index in [2.05, 4.69) is 49.0 Å². The van der Waals surface area contributed by atoms with Gasteiger partial charge in [-0.1, -0.05) is 32.6 Å². The van der Waals surface area contributed by atoms with E-state index in [1.807, 2.05) is 11.3 Å². The summed E-state index contributed by atoms with van der Waals surface area (Å²) in [7, 11) is 0. The van der Waals surface area contributed by atoms with Gasteiger partial charge in [-0.2, -0.15) is 0 Å². The summed E-state index contributed by atoms with van der Waals surface area (Å²) in [4.78, 5) is 3.98. The first kappa shape index (κ1) is 14.6. The highest BCUT2D eigenvalue weighted by atomic mass is 32.1. The maximum atomic E-state index is 5.39. The van der Waals surface area contributed by atoms with Crippen molar-refractivity contribution in [3.63, 3.8) is 0 Å². The molecule has 0 bridgehead atoms. The predicted molar refractivity (Wildman–Crippen MR) is 83.1 cm³/mol. The SMILES string of the molecule is CC(C)(C)C1CCN(Cc2cc(C#CCN)cs2)C1. The van der Waals surface area contributed by atoms with Crippen LogP contribution >= 0.6 is 11.3 Å². The van der Waals surface area contributed by atoms with E-state index in [4.69, 9.17) is 5.73 Å². The van der Waals surface area contributed by atoms with Crippen LogP contribution in [0.4, 0.5) is 0 Å². The van der Waals surface area contributed by atoms with Crippen LogP contribution in [0.5, 0.6) is 0 Å². The molecule has 2 heterocycles. The number of thiophene rings is 1. The zero-order valence-corrected chi connectivity index (χ0v) is 13.0. The monoisotopic (exact) mass is 276 g/mol. The van der Waals surface area contributed by atoms with Gasteiger partial charge in [0.2, 0.25) is 0 Å². The number of rotatable bonds is 2. The predicted octanol–water partition coefficient (Wildman–Crippen LogP) is 2.93. The molecule has 104 valence electrons. The van der Waals surface area contributed by atoms with Crippen LogP contribution in [-0.2, 0) is 6.54 Å². The molecule has 2 nitrogen and oxygen atoms in total. The first-order valence-electron chi connectivity index (χ1n) is 6.98. The highest BCUT2D eigenvalue weighted by Gasteiger charge is 2.31. The average molecular weight is 276 g/mol. The van der Waals surface area contributed by atoms with E-state index < -0.39 is 0 Å². The fourth-order valence-electron chi connectivity index (χ4n) is 2.59. The maximum absolute atomic E-state index is 5.39. The molecule has 1 aliphatic rings. The summed E-state index contributed by atoms with van der Waals surface area (Å²) in [5.41, 5.74) is 6.93. The summed E-state index contributed by atoms with van der Waals surface area (Å²) in [6.45, 7) is 11.0. The van der Waals surface area contributed by atoms with E-state index in [0.29, 0.717) is 12.0 Å². The third-order valence-corrected chi connectivity index (χ3v) is 4.79. The summed E-state index contributed by atoms with van der Waals surface area (Å²) in [5, 5.41) is 2.13. The van der Waals surface area contributed by atoms with Gasteiger partial charge in [0.05, 0.1) is 6.54 Å². The van der Waals surface area contributed by atoms with Crippen molar-refractivity contribution in [3.05, 3.63) is 21.9 Å². The van der Waals surface area contributed by atoms with Crippen LogP contribution in [0.1, 0.15) is 37.6 Å². The quantitative estimate of drug-likeness (QED) is 0.842. The average Bonchev–Trinajstić information content (AvgIpc) is 2.95. The fraction of sp³-hybridized carbons (Fsp3) is 0.625. The van der Waals surface area contributed by atoms with Crippen LogP contribution in [0, 0.1) is 23.2 Å². The van der Waals surface area contributed by atoms with Gasteiger partial charge in [0.25, 0.3) is 0 Å². The van der Waals surface area contributed by atoms with Gasteiger partial charge in [-0.3, -0.25) is 4.90 Å². The molecule has 1 saturated heterocycles. The number of hydrogen-bond acceptors (Lipinski definition) is 3.